The third kappa shape index (κ3) is 9.16. The topological polar surface area (TPSA) is 33.5 Å². The van der Waals surface area contributed by atoms with Gasteiger partial charge in [-0.2, -0.15) is 12.1 Å². The van der Waals surface area contributed by atoms with Gasteiger partial charge in [-0.3, -0.25) is 0 Å². The summed E-state index contributed by atoms with van der Waals surface area (Å²) < 4.78 is 123. The number of anilines is 4. The minimum Gasteiger partial charge on any atom is -0.509 e. The molecule has 0 unspecified atom stereocenters. The molecule has 72 heavy (non-hydrogen) atoms. The molecular weight excluding hydrogens is 1060 g/mol. The minimum absolute atomic E-state index is 0. The van der Waals surface area contributed by atoms with Gasteiger partial charge in [0.05, 0.1) is 17.8 Å². The van der Waals surface area contributed by atoms with Gasteiger partial charge in [0, 0.05) is 72.4 Å². The minimum atomic E-state index is -0.720. The van der Waals surface area contributed by atoms with E-state index in [0.29, 0.717) is 55.6 Å². The first kappa shape index (κ1) is 35.0. The molecule has 0 saturated heterocycles. The van der Waals surface area contributed by atoms with E-state index < -0.39 is 41.7 Å². The molecule has 362 valence electrons. The average molecular weight is 1130 g/mol. The van der Waals surface area contributed by atoms with Crippen LogP contribution in [0, 0.1) is 18.8 Å². The van der Waals surface area contributed by atoms with E-state index in [1.165, 1.54) is 0 Å². The van der Waals surface area contributed by atoms with E-state index in [4.69, 9.17) is 18.4 Å². The molecular formula is C66H59N4OPt-3. The van der Waals surface area contributed by atoms with Crippen molar-refractivity contribution in [3.05, 3.63) is 223 Å². The molecule has 1 aliphatic heterocycles. The number of pyridine rings is 1. The third-order valence-electron chi connectivity index (χ3n) is 12.9. The van der Waals surface area contributed by atoms with Gasteiger partial charge in [-0.05, 0) is 90.9 Å². The molecule has 0 atom stereocenters. The molecule has 1 aliphatic rings. The first-order valence-corrected chi connectivity index (χ1v) is 23.6. The molecule has 0 aliphatic carbocycles. The molecule has 0 fully saturated rings. The predicted molar refractivity (Wildman–Crippen MR) is 297 cm³/mol. The van der Waals surface area contributed by atoms with Gasteiger partial charge < -0.3 is 19.1 Å². The maximum Gasteiger partial charge on any atom is 0.135 e. The molecule has 11 rings (SSSR count). The van der Waals surface area contributed by atoms with Gasteiger partial charge in [-0.1, -0.05) is 189 Å². The average Bonchev–Trinajstić information content (AvgIpc) is 1.78. The molecule has 2 aromatic heterocycles. The summed E-state index contributed by atoms with van der Waals surface area (Å²) in [6.45, 7) is 20.5. The van der Waals surface area contributed by atoms with Crippen LogP contribution in [0.15, 0.2) is 188 Å². The van der Waals surface area contributed by atoms with Gasteiger partial charge in [0.2, 0.25) is 0 Å². The van der Waals surface area contributed by atoms with Crippen molar-refractivity contribution in [3.8, 4) is 50.7 Å². The van der Waals surface area contributed by atoms with Crippen LogP contribution in [0.4, 0.5) is 22.7 Å². The van der Waals surface area contributed by atoms with Crippen molar-refractivity contribution in [1.29, 1.82) is 0 Å². The summed E-state index contributed by atoms with van der Waals surface area (Å²) in [6, 6.07) is 36.6. The second kappa shape index (κ2) is 18.8. The van der Waals surface area contributed by atoms with Crippen LogP contribution in [0.5, 0.6) is 11.5 Å². The zero-order chi connectivity index (χ0) is 60.5. The molecule has 8 aromatic carbocycles. The Morgan fingerprint density at radius 2 is 1.14 bits per heavy atom. The Kier molecular flexibility index (Phi) is 9.12. The molecule has 5 nitrogen and oxygen atoms in total. The van der Waals surface area contributed by atoms with Gasteiger partial charge in [-0.15, -0.1) is 48.1 Å². The van der Waals surface area contributed by atoms with E-state index in [1.54, 1.807) is 47.0 Å². The van der Waals surface area contributed by atoms with E-state index in [9.17, 15) is 4.11 Å². The number of hydrogen-bond donors (Lipinski definition) is 0. The van der Waals surface area contributed by atoms with Crippen molar-refractivity contribution in [2.45, 2.75) is 78.6 Å². The van der Waals surface area contributed by atoms with Crippen LogP contribution < -0.4 is 14.5 Å². The van der Waals surface area contributed by atoms with E-state index >= 15 is 0 Å². The molecule has 0 bridgehead atoms. The van der Waals surface area contributed by atoms with Crippen molar-refractivity contribution in [1.82, 2.24) is 9.55 Å². The Hall–Kier alpha value is -7.20. The van der Waals surface area contributed by atoms with Crippen LogP contribution >= 0.6 is 0 Å². The van der Waals surface area contributed by atoms with Crippen LogP contribution in [-0.2, 0) is 37.3 Å². The second-order valence-corrected chi connectivity index (χ2v) is 20.9. The van der Waals surface area contributed by atoms with Gasteiger partial charge >= 0.3 is 0 Å². The molecule has 6 heteroatoms. The number of nitrogens with zero attached hydrogens (tertiary/aromatic N) is 4. The number of aromatic nitrogens is 2. The van der Waals surface area contributed by atoms with Crippen LogP contribution in [-0.4, -0.2) is 9.55 Å². The Labute approximate surface area is 458 Å². The van der Waals surface area contributed by atoms with Crippen molar-refractivity contribution >= 4 is 44.6 Å². The normalized spacial score (nSPS) is 15.4. The van der Waals surface area contributed by atoms with Crippen molar-refractivity contribution in [3.63, 3.8) is 0 Å². The molecule has 0 radical (unpaired) electrons. The third-order valence-corrected chi connectivity index (χ3v) is 12.9. The Morgan fingerprint density at radius 3 is 1.81 bits per heavy atom. The summed E-state index contributed by atoms with van der Waals surface area (Å²) >= 11 is 0. The second-order valence-electron chi connectivity index (χ2n) is 20.9. The standard InChI is InChI=1S/C66H59N4O.Pt/c1-64(2,3)48-34-35-67-62(40-48)70-58-33-30-46(44-20-12-10-13-21-44)38-57(58)56-32-31-53(42-61(56)70)71-52-25-18-24-51(41-52)68-43-69(60-29-17-16-28-59(60)68)63-54(45-22-14-11-15-23-45)26-19-27-55(63)47-36-49(65(4,5)6)39-50(37-47)66(7,8)9;/h10-40,43H,1-9H3;/q-3;/i10D,11D,12D,13D,14D,15D,20D,21D,22D,23D,34D,35D,40D;. The largest absolute Gasteiger partial charge is 0.509 e. The molecule has 0 N–H and O–H groups in total. The van der Waals surface area contributed by atoms with Gasteiger partial charge in [0.1, 0.15) is 5.82 Å². The van der Waals surface area contributed by atoms with Crippen LogP contribution in [0.2, 0.25) is 0 Å². The fourth-order valence-electron chi connectivity index (χ4n) is 9.05. The van der Waals surface area contributed by atoms with Gasteiger partial charge in [0.15, 0.2) is 0 Å². The van der Waals surface area contributed by atoms with Gasteiger partial charge in [-0.25, -0.2) is 4.98 Å². The number of benzene rings is 8. The molecule has 3 heterocycles. The number of rotatable bonds is 8. The maximum atomic E-state index is 9.55. The zero-order valence-electron chi connectivity index (χ0n) is 54.5. The van der Waals surface area contributed by atoms with Crippen LogP contribution in [0.3, 0.4) is 0 Å². The maximum absolute atomic E-state index is 9.55. The molecule has 10 aromatic rings. The Balaban J connectivity index is 0.00000803. The number of para-hydroxylation sites is 3. The summed E-state index contributed by atoms with van der Waals surface area (Å²) in [5, 5.41) is 1.17. The Morgan fingerprint density at radius 1 is 0.528 bits per heavy atom. The smallest absolute Gasteiger partial charge is 0.135 e. The quantitative estimate of drug-likeness (QED) is 0.142. The first-order chi connectivity index (χ1) is 39.5. The fourth-order valence-corrected chi connectivity index (χ4v) is 9.05. The summed E-state index contributed by atoms with van der Waals surface area (Å²) in [7, 11) is 0. The van der Waals surface area contributed by atoms with E-state index in [0.717, 1.165) is 33.6 Å². The molecule has 0 amide bonds. The number of fused-ring (bicyclic) bond motifs is 4. The van der Waals surface area contributed by atoms with E-state index in [1.807, 2.05) is 85.8 Å². The zero-order valence-corrected chi connectivity index (χ0v) is 43.8. The van der Waals surface area contributed by atoms with Crippen molar-refractivity contribution in [2.24, 2.45) is 0 Å². The summed E-state index contributed by atoms with van der Waals surface area (Å²) in [5.41, 5.74) is 7.46. The van der Waals surface area contributed by atoms with Crippen LogP contribution in [0.25, 0.3) is 61.0 Å². The van der Waals surface area contributed by atoms with Crippen molar-refractivity contribution < 1.29 is 43.6 Å². The number of hydrogen-bond acceptors (Lipinski definition) is 4. The van der Waals surface area contributed by atoms with Crippen LogP contribution in [0.1, 0.15) is 96.8 Å². The molecule has 0 spiro atoms. The van der Waals surface area contributed by atoms with Gasteiger partial charge in [0.25, 0.3) is 0 Å². The first-order valence-electron chi connectivity index (χ1n) is 30.1. The monoisotopic (exact) mass is 1130 g/mol. The van der Waals surface area contributed by atoms with E-state index in [2.05, 4.69) is 76.9 Å². The predicted octanol–water partition coefficient (Wildman–Crippen LogP) is 17.9. The fraction of sp³-hybridized carbons (Fsp3) is 0.182. The SMILES string of the molecule is [2H]c1nc(-n2c3[c-]c(Oc4[c-]c(N5[CH-]N(c6c(-c7cc(C(C)(C)C)cc(C(C)(C)C)c7)cccc6-c6c([2H])c([2H])c([2H])c([2H])c6[2H])c6ccccc65)ccc4)ccc3c3cc(-c4c([2H])c([2H])c([2H])c([2H])c4[2H])ccc32)c([2H])c(C(C)(C)C)c1[2H].[Pt]. The summed E-state index contributed by atoms with van der Waals surface area (Å²) in [6.07, 6.45) is -0.326. The summed E-state index contributed by atoms with van der Waals surface area (Å²) in [4.78, 5) is 8.50. The Bertz CT molecular complexity index is 4320. The molecule has 0 saturated carbocycles. The van der Waals surface area contributed by atoms with E-state index in [-0.39, 0.29) is 97.0 Å². The number of ether oxygens (including phenoxy) is 1. The summed E-state index contributed by atoms with van der Waals surface area (Å²) in [5.74, 6) is 0.612. The van der Waals surface area contributed by atoms with Crippen molar-refractivity contribution in [2.75, 3.05) is 9.80 Å².